The van der Waals surface area contributed by atoms with Crippen LogP contribution in [0.25, 0.3) is 0 Å². The van der Waals surface area contributed by atoms with Gasteiger partial charge in [0.2, 0.25) is 0 Å². The van der Waals surface area contributed by atoms with Crippen LogP contribution >= 0.6 is 0 Å². The highest BCUT2D eigenvalue weighted by Gasteiger charge is 1.73. The van der Waals surface area contributed by atoms with Crippen molar-refractivity contribution in [3.05, 3.63) is 24.5 Å². The van der Waals surface area contributed by atoms with Gasteiger partial charge in [-0.25, -0.2) is 0 Å². The zero-order valence-corrected chi connectivity index (χ0v) is 3.63. The molecule has 2 nitrogen and oxygen atoms in total. The van der Waals surface area contributed by atoms with Gasteiger partial charge in [-0.05, 0) is 12.1 Å². The second-order valence-corrected chi connectivity index (χ2v) is 1.15. The van der Waals surface area contributed by atoms with Crippen LogP contribution in [0.2, 0.25) is 2.82 Å². The lowest BCUT2D eigenvalue weighted by Gasteiger charge is -1.83. The molecule has 0 aliphatic rings. The molecule has 0 spiro atoms. The third-order valence-corrected chi connectivity index (χ3v) is 0.600. The van der Waals surface area contributed by atoms with E-state index in [2.05, 4.69) is 4.98 Å². The van der Waals surface area contributed by atoms with E-state index < -0.39 is 0 Å². The summed E-state index contributed by atoms with van der Waals surface area (Å²) in [4.78, 5) is 3.59. The van der Waals surface area contributed by atoms with E-state index in [-0.39, 0.29) is 6.17 Å². The van der Waals surface area contributed by atoms with Gasteiger partial charge in [-0.15, -0.1) is 0 Å². The molecular weight excluding hydrogens is 88.1 g/mol. The number of rotatable bonds is 1. The van der Waals surface area contributed by atoms with Crippen molar-refractivity contribution in [1.82, 2.24) is 4.98 Å². The molecule has 1 aromatic heterocycles. The maximum absolute atomic E-state index is 6.98. The van der Waals surface area contributed by atoms with Crippen molar-refractivity contribution in [2.24, 2.45) is 0 Å². The van der Waals surface area contributed by atoms with Crippen molar-refractivity contribution < 1.29 is 4.19 Å². The minimum absolute atomic E-state index is 0.144. The minimum Gasteiger partial charge on any atom is -0.397 e. The van der Waals surface area contributed by atoms with Gasteiger partial charge >= 0.3 is 0 Å². The van der Waals surface area contributed by atoms with Crippen molar-refractivity contribution in [2.45, 2.75) is 0 Å². The van der Waals surface area contributed by atoms with E-state index in [1.165, 1.54) is 18.3 Å². The van der Waals surface area contributed by atoms with Crippen LogP contribution in [0.5, 0.6) is 0 Å². The van der Waals surface area contributed by atoms with Crippen LogP contribution in [0.1, 0.15) is 1.37 Å². The van der Waals surface area contributed by atoms with Crippen molar-refractivity contribution in [3.8, 4) is 0 Å². The van der Waals surface area contributed by atoms with Crippen LogP contribution in [0.4, 0.5) is 5.69 Å². The molecule has 0 aliphatic carbocycles. The molecule has 1 aromatic rings. The maximum atomic E-state index is 6.98. The Morgan fingerprint density at radius 3 is 3.57 bits per heavy atom. The van der Waals surface area contributed by atoms with E-state index in [1.54, 1.807) is 0 Å². The van der Waals surface area contributed by atoms with E-state index in [4.69, 9.17) is 4.19 Å². The van der Waals surface area contributed by atoms with Gasteiger partial charge in [0.25, 0.3) is 0 Å². The molecule has 0 atom stereocenters. The molecule has 0 aliphatic heterocycles. The normalized spacial score (nSPS) is 14.0. The van der Waals surface area contributed by atoms with Crippen molar-refractivity contribution >= 4 is 5.69 Å². The highest BCUT2D eigenvalue weighted by atomic mass is 14.7. The molecule has 0 unspecified atom stereocenters. The van der Waals surface area contributed by atoms with Gasteiger partial charge in [0.05, 0.1) is 7.06 Å². The molecule has 0 amide bonds. The molecule has 1 rings (SSSR count). The molecular formula is C5H6N2. The molecule has 0 radical (unpaired) electrons. The summed E-state index contributed by atoms with van der Waals surface area (Å²) in [7, 11) is 0. The molecule has 0 saturated heterocycles. The predicted octanol–water partition coefficient (Wildman–Crippen LogP) is 0.664. The third kappa shape index (κ3) is 0.892. The predicted molar refractivity (Wildman–Crippen MR) is 28.6 cm³/mol. The summed E-state index contributed by atoms with van der Waals surface area (Å²) in [6.07, 6.45) is 1.45. The molecule has 36 valence electrons. The fraction of sp³-hybridized carbons (Fsp3) is 0. The monoisotopic (exact) mass is 97.1 g/mol. The summed E-state index contributed by atoms with van der Waals surface area (Å²) in [5.74, 6) is 0. The minimum atomic E-state index is 0.144. The van der Waals surface area contributed by atoms with Crippen LogP contribution in [-0.4, -0.2) is 4.98 Å². The van der Waals surface area contributed by atoms with E-state index >= 15 is 0 Å². The Kier molecular flexibility index (Phi) is 0.416. The number of anilines is 1. The first-order chi connectivity index (χ1) is 4.70. The Labute approximate surface area is 46.3 Å². The van der Waals surface area contributed by atoms with E-state index in [0.29, 0.717) is 11.4 Å². The zero-order chi connectivity index (χ0) is 7.56. The van der Waals surface area contributed by atoms with Gasteiger partial charge in [-0.2, -0.15) is 0 Å². The Bertz CT molecular complexity index is 209. The number of nitrogen functional groups attached to an aromatic ring is 1. The van der Waals surface area contributed by atoms with Crippen molar-refractivity contribution in [1.29, 1.82) is 0 Å². The average Bonchev–Trinajstić information content (AvgIpc) is 1.88. The van der Waals surface area contributed by atoms with Crippen LogP contribution in [0.15, 0.2) is 24.5 Å². The standard InChI is InChI=1S/C5H6N2/c6-5-2-1-3-7-4-5/h1-4H,6H2/i3D/hD2. The van der Waals surface area contributed by atoms with Crippen LogP contribution in [0, 0.1) is 0 Å². The third-order valence-electron chi connectivity index (χ3n) is 0.600. The largest absolute Gasteiger partial charge is 0.397 e. The second kappa shape index (κ2) is 1.60. The van der Waals surface area contributed by atoms with Gasteiger partial charge < -0.3 is 5.72 Å². The average molecular weight is 97.1 g/mol. The quantitative estimate of drug-likeness (QED) is 0.559. The summed E-state index contributed by atoms with van der Waals surface area (Å²) < 4.78 is 20.6. The summed E-state index contributed by atoms with van der Waals surface area (Å²) >= 11 is 0. The molecule has 0 fully saturated rings. The lowest BCUT2D eigenvalue weighted by molar-refractivity contribution is 1.33. The Hall–Kier alpha value is -1.05. The van der Waals surface area contributed by atoms with Gasteiger partial charge in [0.1, 0.15) is 0 Å². The summed E-state index contributed by atoms with van der Waals surface area (Å²) in [6.45, 7) is 0. The fourth-order valence-corrected chi connectivity index (χ4v) is 0.312. The van der Waals surface area contributed by atoms with Crippen molar-refractivity contribution in [2.75, 3.05) is 5.72 Å². The number of pyridine rings is 1. The number of nitrogens with zero attached hydrogens (tertiary/aromatic N) is 1. The smallest absolute Gasteiger partial charge is 0.156 e. The molecule has 2 heteroatoms. The highest BCUT2D eigenvalue weighted by molar-refractivity contribution is 5.32. The molecule has 2 N–H and O–H groups in total. The Morgan fingerprint density at radius 1 is 2.00 bits per heavy atom. The molecule has 0 aromatic carbocycles. The van der Waals surface area contributed by atoms with E-state index in [0.717, 1.165) is 0 Å². The summed E-state index contributed by atoms with van der Waals surface area (Å²) in [6, 6.07) is 2.93. The second-order valence-electron chi connectivity index (χ2n) is 1.15. The van der Waals surface area contributed by atoms with Gasteiger partial charge in [-0.3, -0.25) is 4.98 Å². The lowest BCUT2D eigenvalue weighted by atomic mass is 10.4. The Balaban J connectivity index is 2.89. The first kappa shape index (κ1) is 1.82. The first-order valence-electron chi connectivity index (χ1n) is 3.30. The summed E-state index contributed by atoms with van der Waals surface area (Å²) in [5, 5.41) is 0. The SMILES string of the molecule is [2H]c1ccc(N([2H])[2H])cn1. The van der Waals surface area contributed by atoms with Crippen LogP contribution < -0.4 is 5.72 Å². The number of hydrogen-bond acceptors (Lipinski definition) is 2. The molecule has 0 saturated carbocycles. The topological polar surface area (TPSA) is 38.9 Å². The molecule has 1 heterocycles. The molecule has 0 bridgehead atoms. The number of nitrogens with two attached hydrogens (primary N) is 1. The van der Waals surface area contributed by atoms with Crippen LogP contribution in [0.3, 0.4) is 0 Å². The zero-order valence-electron chi connectivity index (χ0n) is 6.63. The lowest BCUT2D eigenvalue weighted by Crippen LogP contribution is -1.82. The highest BCUT2D eigenvalue weighted by Crippen LogP contribution is 1.92. The van der Waals surface area contributed by atoms with Gasteiger partial charge in [-0.1, -0.05) is 0 Å². The van der Waals surface area contributed by atoms with E-state index in [1.807, 2.05) is 0 Å². The maximum Gasteiger partial charge on any atom is 0.156 e. The Morgan fingerprint density at radius 2 is 3.00 bits per heavy atom. The summed E-state index contributed by atoms with van der Waals surface area (Å²) in [5.41, 5.74) is 0.808. The number of aromatic nitrogens is 1. The number of hydrogen-bond donors (Lipinski definition) is 1. The van der Waals surface area contributed by atoms with E-state index in [9.17, 15) is 0 Å². The first-order valence-corrected chi connectivity index (χ1v) is 1.90. The van der Waals surface area contributed by atoms with Crippen molar-refractivity contribution in [3.63, 3.8) is 0 Å². The molecule has 7 heavy (non-hydrogen) atoms. The van der Waals surface area contributed by atoms with Crippen LogP contribution in [-0.2, 0) is 0 Å². The van der Waals surface area contributed by atoms with Gasteiger partial charge in [0, 0.05) is 12.4 Å². The fourth-order valence-electron chi connectivity index (χ4n) is 0.312. The van der Waals surface area contributed by atoms with Gasteiger partial charge in [0.15, 0.2) is 2.82 Å².